The minimum atomic E-state index is 0.736. The first kappa shape index (κ1) is 8.52. The van der Waals surface area contributed by atoms with Crippen molar-refractivity contribution in [2.75, 3.05) is 13.1 Å². The van der Waals surface area contributed by atoms with E-state index in [0.717, 1.165) is 12.5 Å². The summed E-state index contributed by atoms with van der Waals surface area (Å²) in [6.45, 7) is 2.31. The molecule has 0 radical (unpaired) electrons. The first-order valence-electron chi connectivity index (χ1n) is 4.89. The molecule has 0 saturated carbocycles. The van der Waals surface area contributed by atoms with Gasteiger partial charge in [0, 0.05) is 6.54 Å². The van der Waals surface area contributed by atoms with Crippen molar-refractivity contribution in [1.29, 1.82) is 0 Å². The van der Waals surface area contributed by atoms with E-state index in [9.17, 15) is 0 Å². The van der Waals surface area contributed by atoms with E-state index in [1.165, 1.54) is 18.5 Å². The van der Waals surface area contributed by atoms with E-state index >= 15 is 0 Å². The van der Waals surface area contributed by atoms with Crippen molar-refractivity contribution in [3.8, 4) is 0 Å². The maximum absolute atomic E-state index is 3.36. The smallest absolute Gasteiger partial charge is 0.00148 e. The van der Waals surface area contributed by atoms with Crippen molar-refractivity contribution in [3.63, 3.8) is 0 Å². The van der Waals surface area contributed by atoms with E-state index in [1.54, 1.807) is 0 Å². The molecule has 1 aromatic rings. The monoisotopic (exact) mass is 173 g/mol. The lowest BCUT2D eigenvalue weighted by Crippen LogP contribution is -2.07. The first-order chi connectivity index (χ1) is 6.45. The van der Waals surface area contributed by atoms with Crippen LogP contribution in [0.15, 0.2) is 36.4 Å². The van der Waals surface area contributed by atoms with Gasteiger partial charge in [-0.2, -0.15) is 0 Å². The first-order valence-corrected chi connectivity index (χ1v) is 4.89. The van der Waals surface area contributed by atoms with Crippen LogP contribution in [0.4, 0.5) is 0 Å². The molecule has 1 fully saturated rings. The predicted octanol–water partition coefficient (Wildman–Crippen LogP) is 2.31. The van der Waals surface area contributed by atoms with Gasteiger partial charge >= 0.3 is 0 Å². The summed E-state index contributed by atoms with van der Waals surface area (Å²) in [5.74, 6) is 0.736. The molecule has 1 unspecified atom stereocenters. The zero-order chi connectivity index (χ0) is 8.93. The fraction of sp³-hybridized carbons (Fsp3) is 0.333. The van der Waals surface area contributed by atoms with Gasteiger partial charge in [-0.25, -0.2) is 0 Å². The molecule has 0 spiro atoms. The van der Waals surface area contributed by atoms with Crippen molar-refractivity contribution in [3.05, 3.63) is 42.0 Å². The molecule has 0 amide bonds. The summed E-state index contributed by atoms with van der Waals surface area (Å²) in [6.07, 6.45) is 5.82. The fourth-order valence-electron chi connectivity index (χ4n) is 1.65. The Kier molecular flexibility index (Phi) is 2.78. The Bertz CT molecular complexity index is 270. The summed E-state index contributed by atoms with van der Waals surface area (Å²) in [6, 6.07) is 10.5. The summed E-state index contributed by atoms with van der Waals surface area (Å²) in [5.41, 5.74) is 1.30. The Morgan fingerprint density at radius 1 is 1.23 bits per heavy atom. The zero-order valence-electron chi connectivity index (χ0n) is 7.74. The molecule has 1 aromatic carbocycles. The molecule has 1 heterocycles. The third-order valence-corrected chi connectivity index (χ3v) is 2.46. The molecule has 0 aliphatic carbocycles. The molecule has 1 atom stereocenters. The highest BCUT2D eigenvalue weighted by Gasteiger charge is 2.09. The standard InChI is InChI=1S/C12H15N/c1-2-4-11(5-3-1)6-7-12-8-9-13-10-12/h1-7,12-13H,8-10H2. The summed E-state index contributed by atoms with van der Waals surface area (Å²) in [5, 5.41) is 3.36. The molecule has 68 valence electrons. The Labute approximate surface area is 79.5 Å². The third-order valence-electron chi connectivity index (χ3n) is 2.46. The predicted molar refractivity (Wildman–Crippen MR) is 56.5 cm³/mol. The Hall–Kier alpha value is -1.08. The van der Waals surface area contributed by atoms with Gasteiger partial charge in [-0.1, -0.05) is 42.5 Å². The molecule has 0 bridgehead atoms. The number of hydrogen-bond acceptors (Lipinski definition) is 1. The largest absolute Gasteiger partial charge is 0.316 e. The highest BCUT2D eigenvalue weighted by atomic mass is 14.9. The number of hydrogen-bond donors (Lipinski definition) is 1. The lowest BCUT2D eigenvalue weighted by molar-refractivity contribution is 0.731. The molecule has 1 aliphatic rings. The van der Waals surface area contributed by atoms with Gasteiger partial charge in [0.25, 0.3) is 0 Å². The van der Waals surface area contributed by atoms with E-state index in [0.29, 0.717) is 0 Å². The van der Waals surface area contributed by atoms with Gasteiger partial charge in [-0.05, 0) is 24.4 Å². The summed E-state index contributed by atoms with van der Waals surface area (Å²) in [4.78, 5) is 0. The number of nitrogens with one attached hydrogen (secondary N) is 1. The maximum atomic E-state index is 3.36. The molecule has 1 aliphatic heterocycles. The molecular weight excluding hydrogens is 158 g/mol. The van der Waals surface area contributed by atoms with E-state index in [4.69, 9.17) is 0 Å². The average Bonchev–Trinajstić information content (AvgIpc) is 2.69. The van der Waals surface area contributed by atoms with Gasteiger partial charge in [0.05, 0.1) is 0 Å². The van der Waals surface area contributed by atoms with Crippen LogP contribution >= 0.6 is 0 Å². The molecule has 1 saturated heterocycles. The molecule has 2 rings (SSSR count). The van der Waals surface area contributed by atoms with Crippen LogP contribution in [-0.2, 0) is 0 Å². The van der Waals surface area contributed by atoms with Crippen LogP contribution in [0, 0.1) is 5.92 Å². The normalized spacial score (nSPS) is 22.6. The van der Waals surface area contributed by atoms with Crippen LogP contribution in [-0.4, -0.2) is 13.1 Å². The number of benzene rings is 1. The number of rotatable bonds is 2. The minimum Gasteiger partial charge on any atom is -0.316 e. The van der Waals surface area contributed by atoms with Crippen molar-refractivity contribution in [1.82, 2.24) is 5.32 Å². The lowest BCUT2D eigenvalue weighted by Gasteiger charge is -1.98. The fourth-order valence-corrected chi connectivity index (χ4v) is 1.65. The van der Waals surface area contributed by atoms with Crippen LogP contribution in [0.3, 0.4) is 0 Å². The quantitative estimate of drug-likeness (QED) is 0.723. The second kappa shape index (κ2) is 4.24. The summed E-state index contributed by atoms with van der Waals surface area (Å²) >= 11 is 0. The van der Waals surface area contributed by atoms with Gasteiger partial charge in [0.1, 0.15) is 0 Å². The van der Waals surface area contributed by atoms with Crippen LogP contribution in [0.25, 0.3) is 6.08 Å². The molecule has 1 nitrogen and oxygen atoms in total. The van der Waals surface area contributed by atoms with E-state index in [-0.39, 0.29) is 0 Å². The van der Waals surface area contributed by atoms with Crippen LogP contribution < -0.4 is 5.32 Å². The van der Waals surface area contributed by atoms with Crippen molar-refractivity contribution in [2.45, 2.75) is 6.42 Å². The van der Waals surface area contributed by atoms with Crippen LogP contribution in [0.1, 0.15) is 12.0 Å². The van der Waals surface area contributed by atoms with Gasteiger partial charge in [0.2, 0.25) is 0 Å². The maximum Gasteiger partial charge on any atom is 0.00148 e. The van der Waals surface area contributed by atoms with E-state index in [2.05, 4.69) is 47.8 Å². The van der Waals surface area contributed by atoms with Gasteiger partial charge in [0.15, 0.2) is 0 Å². The van der Waals surface area contributed by atoms with Crippen LogP contribution in [0.5, 0.6) is 0 Å². The molecule has 1 heteroatoms. The SMILES string of the molecule is C(=CC1CCNC1)c1ccccc1. The Morgan fingerprint density at radius 3 is 2.77 bits per heavy atom. The van der Waals surface area contributed by atoms with Crippen LogP contribution in [0.2, 0.25) is 0 Å². The molecule has 1 N–H and O–H groups in total. The van der Waals surface area contributed by atoms with Crippen molar-refractivity contribution >= 4 is 6.08 Å². The summed E-state index contributed by atoms with van der Waals surface area (Å²) < 4.78 is 0. The second-order valence-corrected chi connectivity index (χ2v) is 3.52. The highest BCUT2D eigenvalue weighted by molar-refractivity contribution is 5.49. The topological polar surface area (TPSA) is 12.0 Å². The Morgan fingerprint density at radius 2 is 2.08 bits per heavy atom. The lowest BCUT2D eigenvalue weighted by atomic mass is 10.1. The van der Waals surface area contributed by atoms with Crippen molar-refractivity contribution < 1.29 is 0 Å². The minimum absolute atomic E-state index is 0.736. The average molecular weight is 173 g/mol. The Balaban J connectivity index is 1.97. The van der Waals surface area contributed by atoms with Gasteiger partial charge in [-0.3, -0.25) is 0 Å². The molecule has 0 aromatic heterocycles. The van der Waals surface area contributed by atoms with E-state index < -0.39 is 0 Å². The van der Waals surface area contributed by atoms with Gasteiger partial charge < -0.3 is 5.32 Å². The second-order valence-electron chi connectivity index (χ2n) is 3.52. The molecular formula is C12H15N. The zero-order valence-corrected chi connectivity index (χ0v) is 7.74. The van der Waals surface area contributed by atoms with Crippen molar-refractivity contribution in [2.24, 2.45) is 5.92 Å². The third kappa shape index (κ3) is 2.43. The summed E-state index contributed by atoms with van der Waals surface area (Å²) in [7, 11) is 0. The highest BCUT2D eigenvalue weighted by Crippen LogP contribution is 2.11. The van der Waals surface area contributed by atoms with E-state index in [1.807, 2.05) is 0 Å². The van der Waals surface area contributed by atoms with Gasteiger partial charge in [-0.15, -0.1) is 0 Å². The molecule has 13 heavy (non-hydrogen) atoms.